The van der Waals surface area contributed by atoms with Gasteiger partial charge in [0.05, 0.1) is 18.0 Å². The lowest BCUT2D eigenvalue weighted by Gasteiger charge is -2.24. The van der Waals surface area contributed by atoms with Crippen molar-refractivity contribution in [1.82, 2.24) is 15.3 Å². The van der Waals surface area contributed by atoms with Gasteiger partial charge in [-0.25, -0.2) is 9.97 Å². The molecule has 2 aliphatic rings. The maximum Gasteiger partial charge on any atom is 0.227 e. The zero-order chi connectivity index (χ0) is 21.0. The summed E-state index contributed by atoms with van der Waals surface area (Å²) in [6, 6.07) is 18.1. The van der Waals surface area contributed by atoms with Crippen LogP contribution in [0.3, 0.4) is 0 Å². The highest BCUT2D eigenvalue weighted by atomic mass is 16.5. The van der Waals surface area contributed by atoms with Crippen LogP contribution in [0.15, 0.2) is 67.0 Å². The SMILES string of the molecule is O=C(NC[C@H]1Cc2cccc(-c3ncccn3)c2O1)[C@@H](c1ccccc1)C1CCCC1. The van der Waals surface area contributed by atoms with Gasteiger partial charge in [-0.1, -0.05) is 55.3 Å². The average molecular weight is 414 g/mol. The molecule has 5 heteroatoms. The van der Waals surface area contributed by atoms with Crippen molar-refractivity contribution in [3.05, 3.63) is 78.1 Å². The third kappa shape index (κ3) is 4.18. The number of carbonyl (C=O) groups is 1. The van der Waals surface area contributed by atoms with E-state index in [4.69, 9.17) is 4.74 Å². The first kappa shape index (κ1) is 19.7. The van der Waals surface area contributed by atoms with Crippen LogP contribution >= 0.6 is 0 Å². The molecule has 0 unspecified atom stereocenters. The highest BCUT2D eigenvalue weighted by Crippen LogP contribution is 2.39. The molecule has 1 aliphatic carbocycles. The van der Waals surface area contributed by atoms with Gasteiger partial charge in [0.15, 0.2) is 5.82 Å². The molecule has 0 radical (unpaired) electrons. The second kappa shape index (κ2) is 8.88. The second-order valence-electron chi connectivity index (χ2n) is 8.49. The number of nitrogens with one attached hydrogen (secondary N) is 1. The number of amides is 1. The Hall–Kier alpha value is -3.21. The molecule has 2 heterocycles. The van der Waals surface area contributed by atoms with Gasteiger partial charge in [0.2, 0.25) is 5.91 Å². The summed E-state index contributed by atoms with van der Waals surface area (Å²) >= 11 is 0. The Morgan fingerprint density at radius 3 is 2.55 bits per heavy atom. The molecular formula is C26H27N3O2. The summed E-state index contributed by atoms with van der Waals surface area (Å²) in [6.45, 7) is 0.499. The molecule has 5 nitrogen and oxygen atoms in total. The standard InChI is InChI=1S/C26H27N3O2/c30-26(23(19-10-4-5-11-19)18-8-2-1-3-9-18)29-17-21-16-20-12-6-13-22(24(20)31-21)25-27-14-7-15-28-25/h1-3,6-9,12-15,19,21,23H,4-5,10-11,16-17H2,(H,29,30)/t21-,23+/m1/s1. The zero-order valence-corrected chi connectivity index (χ0v) is 17.5. The van der Waals surface area contributed by atoms with Gasteiger partial charge in [-0.2, -0.15) is 0 Å². The summed E-state index contributed by atoms with van der Waals surface area (Å²) in [4.78, 5) is 22.0. The molecule has 5 rings (SSSR count). The van der Waals surface area contributed by atoms with Gasteiger partial charge in [0, 0.05) is 18.8 Å². The predicted molar refractivity (Wildman–Crippen MR) is 120 cm³/mol. The number of hydrogen-bond donors (Lipinski definition) is 1. The van der Waals surface area contributed by atoms with Gasteiger partial charge >= 0.3 is 0 Å². The molecule has 158 valence electrons. The Kier molecular flexibility index (Phi) is 5.65. The van der Waals surface area contributed by atoms with Gasteiger partial charge in [0.1, 0.15) is 11.9 Å². The molecule has 1 aromatic heterocycles. The van der Waals surface area contributed by atoms with Gasteiger partial charge in [-0.3, -0.25) is 4.79 Å². The Morgan fingerprint density at radius 2 is 1.77 bits per heavy atom. The number of para-hydroxylation sites is 1. The van der Waals surface area contributed by atoms with Crippen LogP contribution in [0.4, 0.5) is 0 Å². The number of aromatic nitrogens is 2. The van der Waals surface area contributed by atoms with Crippen LogP contribution in [-0.4, -0.2) is 28.5 Å². The van der Waals surface area contributed by atoms with Crippen LogP contribution < -0.4 is 10.1 Å². The van der Waals surface area contributed by atoms with Gasteiger partial charge in [-0.05, 0) is 42.0 Å². The third-order valence-electron chi connectivity index (χ3n) is 6.45. The molecule has 1 fully saturated rings. The Bertz CT molecular complexity index is 1030. The smallest absolute Gasteiger partial charge is 0.227 e. The van der Waals surface area contributed by atoms with Gasteiger partial charge in [0.25, 0.3) is 0 Å². The number of hydrogen-bond acceptors (Lipinski definition) is 4. The van der Waals surface area contributed by atoms with Crippen LogP contribution in [0.2, 0.25) is 0 Å². The van der Waals surface area contributed by atoms with Crippen molar-refractivity contribution in [3.8, 4) is 17.1 Å². The van der Waals surface area contributed by atoms with Gasteiger partial charge < -0.3 is 10.1 Å². The van der Waals surface area contributed by atoms with Crippen molar-refractivity contribution in [1.29, 1.82) is 0 Å². The number of benzene rings is 2. The lowest BCUT2D eigenvalue weighted by Crippen LogP contribution is -2.39. The summed E-state index contributed by atoms with van der Waals surface area (Å²) in [5.74, 6) is 1.95. The number of ether oxygens (including phenoxy) is 1. The van der Waals surface area contributed by atoms with Crippen LogP contribution in [0.1, 0.15) is 42.7 Å². The van der Waals surface area contributed by atoms with Gasteiger partial charge in [-0.15, -0.1) is 0 Å². The van der Waals surface area contributed by atoms with E-state index in [1.807, 2.05) is 30.3 Å². The van der Waals surface area contributed by atoms with E-state index in [1.165, 1.54) is 12.8 Å². The van der Waals surface area contributed by atoms with E-state index in [0.717, 1.165) is 41.7 Å². The first-order valence-corrected chi connectivity index (χ1v) is 11.2. The van der Waals surface area contributed by atoms with Crippen molar-refractivity contribution in [2.24, 2.45) is 5.92 Å². The molecule has 1 N–H and O–H groups in total. The zero-order valence-electron chi connectivity index (χ0n) is 17.5. The molecule has 0 saturated heterocycles. The molecule has 1 aliphatic heterocycles. The molecule has 1 saturated carbocycles. The first-order valence-electron chi connectivity index (χ1n) is 11.2. The van der Waals surface area contributed by atoms with E-state index in [0.29, 0.717) is 18.3 Å². The minimum absolute atomic E-state index is 0.0798. The van der Waals surface area contributed by atoms with Crippen LogP contribution in [-0.2, 0) is 11.2 Å². The second-order valence-corrected chi connectivity index (χ2v) is 8.49. The summed E-state index contributed by atoms with van der Waals surface area (Å²) in [7, 11) is 0. The average Bonchev–Trinajstić information content (AvgIpc) is 3.49. The molecule has 3 aromatic rings. The molecule has 31 heavy (non-hydrogen) atoms. The number of nitrogens with zero attached hydrogens (tertiary/aromatic N) is 2. The predicted octanol–water partition coefficient (Wildman–Crippen LogP) is 4.54. The minimum Gasteiger partial charge on any atom is -0.487 e. The quantitative estimate of drug-likeness (QED) is 0.645. The van der Waals surface area contributed by atoms with E-state index >= 15 is 0 Å². The van der Waals surface area contributed by atoms with Crippen molar-refractivity contribution < 1.29 is 9.53 Å². The van der Waals surface area contributed by atoms with Crippen molar-refractivity contribution in [3.63, 3.8) is 0 Å². The summed E-state index contributed by atoms with van der Waals surface area (Å²) in [5, 5.41) is 3.20. The van der Waals surface area contributed by atoms with Crippen LogP contribution in [0, 0.1) is 5.92 Å². The lowest BCUT2D eigenvalue weighted by atomic mass is 9.84. The number of rotatable bonds is 6. The Balaban J connectivity index is 1.28. The van der Waals surface area contributed by atoms with E-state index in [2.05, 4.69) is 33.5 Å². The van der Waals surface area contributed by atoms with E-state index in [9.17, 15) is 4.79 Å². The summed E-state index contributed by atoms with van der Waals surface area (Å²) < 4.78 is 6.26. The first-order chi connectivity index (χ1) is 15.3. The van der Waals surface area contributed by atoms with Crippen LogP contribution in [0.25, 0.3) is 11.4 Å². The third-order valence-corrected chi connectivity index (χ3v) is 6.45. The van der Waals surface area contributed by atoms with E-state index < -0.39 is 0 Å². The Labute approximate surface area is 182 Å². The topological polar surface area (TPSA) is 64.1 Å². The molecular weight excluding hydrogens is 386 g/mol. The molecule has 0 bridgehead atoms. The maximum atomic E-state index is 13.3. The largest absolute Gasteiger partial charge is 0.487 e. The van der Waals surface area contributed by atoms with E-state index in [1.54, 1.807) is 18.5 Å². The highest BCUT2D eigenvalue weighted by molar-refractivity contribution is 5.84. The number of fused-ring (bicyclic) bond motifs is 1. The molecule has 0 spiro atoms. The van der Waals surface area contributed by atoms with Crippen LogP contribution in [0.5, 0.6) is 5.75 Å². The molecule has 1 amide bonds. The normalized spacial score (nSPS) is 18.9. The minimum atomic E-state index is -0.0826. The Morgan fingerprint density at radius 1 is 1.00 bits per heavy atom. The molecule has 2 aromatic carbocycles. The van der Waals surface area contributed by atoms with Crippen molar-refractivity contribution >= 4 is 5.91 Å². The highest BCUT2D eigenvalue weighted by Gasteiger charge is 2.33. The fraction of sp³-hybridized carbons (Fsp3) is 0.346. The fourth-order valence-electron chi connectivity index (χ4n) is 4.98. The fourth-order valence-corrected chi connectivity index (χ4v) is 4.98. The molecule has 2 atom stereocenters. The monoisotopic (exact) mass is 413 g/mol. The lowest BCUT2D eigenvalue weighted by molar-refractivity contribution is -0.124. The maximum absolute atomic E-state index is 13.3. The number of carbonyl (C=O) groups excluding carboxylic acids is 1. The summed E-state index contributed by atoms with van der Waals surface area (Å²) in [6.07, 6.45) is 8.85. The van der Waals surface area contributed by atoms with Crippen molar-refractivity contribution in [2.75, 3.05) is 6.54 Å². The summed E-state index contributed by atoms with van der Waals surface area (Å²) in [5.41, 5.74) is 3.16. The van der Waals surface area contributed by atoms with E-state index in [-0.39, 0.29) is 17.9 Å². The van der Waals surface area contributed by atoms with Crippen molar-refractivity contribution in [2.45, 2.75) is 44.1 Å².